The van der Waals surface area contributed by atoms with Crippen molar-refractivity contribution in [2.75, 3.05) is 16.9 Å². The number of nitrogens with zero attached hydrogens (tertiary/aromatic N) is 2. The zero-order chi connectivity index (χ0) is 17.1. The van der Waals surface area contributed by atoms with Crippen LogP contribution in [0.3, 0.4) is 0 Å². The number of anilines is 2. The summed E-state index contributed by atoms with van der Waals surface area (Å²) in [4.78, 5) is 20.5. The number of carbonyl (C=O) groups is 1. The zero-order valence-corrected chi connectivity index (χ0v) is 14.7. The van der Waals surface area contributed by atoms with Gasteiger partial charge >= 0.3 is 0 Å². The highest BCUT2D eigenvalue weighted by Crippen LogP contribution is 2.33. The van der Waals surface area contributed by atoms with Crippen LogP contribution in [-0.2, 0) is 4.79 Å². The van der Waals surface area contributed by atoms with E-state index in [1.165, 1.54) is 0 Å². The first-order chi connectivity index (χ1) is 11.6. The SMILES string of the molecule is CC[C@H]1Oc2cc([C@@H](C)Nc3cncc(SC)n3)ccc2NC1=O. The first-order valence-corrected chi connectivity index (χ1v) is 9.07. The Morgan fingerprint density at radius 3 is 3.00 bits per heavy atom. The van der Waals surface area contributed by atoms with E-state index in [2.05, 4.69) is 20.6 Å². The highest BCUT2D eigenvalue weighted by Gasteiger charge is 2.26. The number of amides is 1. The van der Waals surface area contributed by atoms with Crippen molar-refractivity contribution in [1.82, 2.24) is 9.97 Å². The van der Waals surface area contributed by atoms with Gasteiger partial charge in [-0.2, -0.15) is 0 Å². The maximum absolute atomic E-state index is 11.8. The van der Waals surface area contributed by atoms with E-state index < -0.39 is 6.10 Å². The Balaban J connectivity index is 1.78. The number of fused-ring (bicyclic) bond motifs is 1. The van der Waals surface area contributed by atoms with E-state index in [-0.39, 0.29) is 11.9 Å². The summed E-state index contributed by atoms with van der Waals surface area (Å²) in [5, 5.41) is 7.10. The van der Waals surface area contributed by atoms with E-state index >= 15 is 0 Å². The van der Waals surface area contributed by atoms with Crippen LogP contribution in [0.1, 0.15) is 31.9 Å². The maximum atomic E-state index is 11.8. The summed E-state index contributed by atoms with van der Waals surface area (Å²) >= 11 is 1.55. The first-order valence-electron chi connectivity index (χ1n) is 7.84. The minimum atomic E-state index is -0.430. The Bertz CT molecular complexity index is 753. The molecule has 0 saturated heterocycles. The van der Waals surface area contributed by atoms with Crippen molar-refractivity contribution in [2.45, 2.75) is 37.4 Å². The van der Waals surface area contributed by atoms with E-state index in [1.54, 1.807) is 24.2 Å². The van der Waals surface area contributed by atoms with Crippen molar-refractivity contribution < 1.29 is 9.53 Å². The molecule has 0 spiro atoms. The predicted molar refractivity (Wildman–Crippen MR) is 95.6 cm³/mol. The maximum Gasteiger partial charge on any atom is 0.265 e. The summed E-state index contributed by atoms with van der Waals surface area (Å²) in [6.45, 7) is 3.98. The average molecular weight is 344 g/mol. The molecule has 126 valence electrons. The van der Waals surface area contributed by atoms with Crippen LogP contribution in [0.4, 0.5) is 11.5 Å². The lowest BCUT2D eigenvalue weighted by Crippen LogP contribution is -2.36. The van der Waals surface area contributed by atoms with Gasteiger partial charge in [-0.3, -0.25) is 9.78 Å². The topological polar surface area (TPSA) is 76.1 Å². The van der Waals surface area contributed by atoms with Crippen LogP contribution < -0.4 is 15.4 Å². The van der Waals surface area contributed by atoms with Crippen LogP contribution in [-0.4, -0.2) is 28.2 Å². The van der Waals surface area contributed by atoms with Crippen molar-refractivity contribution in [3.8, 4) is 5.75 Å². The fraction of sp³-hybridized carbons (Fsp3) is 0.353. The Morgan fingerprint density at radius 2 is 2.25 bits per heavy atom. The third-order valence-electron chi connectivity index (χ3n) is 3.88. The molecule has 1 aromatic heterocycles. The van der Waals surface area contributed by atoms with Crippen LogP contribution >= 0.6 is 11.8 Å². The van der Waals surface area contributed by atoms with Crippen LogP contribution in [0.25, 0.3) is 0 Å². The lowest BCUT2D eigenvalue weighted by Gasteiger charge is -2.26. The van der Waals surface area contributed by atoms with Gasteiger partial charge in [0, 0.05) is 0 Å². The summed E-state index contributed by atoms with van der Waals surface area (Å²) in [5.41, 5.74) is 1.76. The van der Waals surface area contributed by atoms with Crippen LogP contribution in [0.15, 0.2) is 35.6 Å². The van der Waals surface area contributed by atoms with Crippen molar-refractivity contribution in [2.24, 2.45) is 0 Å². The number of hydrogen-bond donors (Lipinski definition) is 2. The molecule has 0 saturated carbocycles. The number of thioether (sulfide) groups is 1. The normalized spacial score (nSPS) is 17.5. The smallest absolute Gasteiger partial charge is 0.265 e. The molecule has 2 aromatic rings. The first kappa shape index (κ1) is 16.6. The summed E-state index contributed by atoms with van der Waals surface area (Å²) < 4.78 is 5.80. The van der Waals surface area contributed by atoms with Gasteiger partial charge in [-0.05, 0) is 37.3 Å². The van der Waals surface area contributed by atoms with Gasteiger partial charge in [-0.1, -0.05) is 13.0 Å². The standard InChI is InChI=1S/C17H20N4O2S/c1-4-13-17(22)20-12-6-5-11(7-14(12)23-13)10(2)19-15-8-18-9-16(21-15)24-3/h5-10,13H,4H2,1-3H3,(H,19,21)(H,20,22)/t10-,13-/m1/s1. The van der Waals surface area contributed by atoms with E-state index in [0.29, 0.717) is 17.9 Å². The Hall–Kier alpha value is -2.28. The fourth-order valence-corrected chi connectivity index (χ4v) is 2.87. The van der Waals surface area contributed by atoms with Crippen molar-refractivity contribution in [3.63, 3.8) is 0 Å². The molecule has 6 nitrogen and oxygen atoms in total. The van der Waals surface area contributed by atoms with Crippen molar-refractivity contribution in [1.29, 1.82) is 0 Å². The third kappa shape index (κ3) is 3.46. The van der Waals surface area contributed by atoms with Gasteiger partial charge in [-0.15, -0.1) is 11.8 Å². The molecule has 2 atom stereocenters. The van der Waals surface area contributed by atoms with Gasteiger partial charge in [0.15, 0.2) is 6.10 Å². The van der Waals surface area contributed by atoms with E-state index in [9.17, 15) is 4.79 Å². The molecule has 1 aliphatic heterocycles. The van der Waals surface area contributed by atoms with Crippen LogP contribution in [0.2, 0.25) is 0 Å². The molecule has 1 amide bonds. The number of hydrogen-bond acceptors (Lipinski definition) is 6. The summed E-state index contributed by atoms with van der Waals surface area (Å²) in [6.07, 6.45) is 5.62. The molecule has 0 fully saturated rings. The van der Waals surface area contributed by atoms with Gasteiger partial charge < -0.3 is 15.4 Å². The third-order valence-corrected chi connectivity index (χ3v) is 4.50. The number of ether oxygens (including phenoxy) is 1. The van der Waals surface area contributed by atoms with Gasteiger partial charge in [-0.25, -0.2) is 4.98 Å². The Labute approximate surface area is 145 Å². The lowest BCUT2D eigenvalue weighted by atomic mass is 10.1. The van der Waals surface area contributed by atoms with Crippen molar-refractivity contribution >= 4 is 29.2 Å². The van der Waals surface area contributed by atoms with Gasteiger partial charge in [0.25, 0.3) is 5.91 Å². The molecule has 1 aliphatic rings. The average Bonchev–Trinajstić information content (AvgIpc) is 2.60. The van der Waals surface area contributed by atoms with E-state index in [0.717, 1.165) is 16.4 Å². The molecule has 3 rings (SSSR count). The molecule has 0 aliphatic carbocycles. The molecule has 2 heterocycles. The second-order valence-corrected chi connectivity index (χ2v) is 6.40. The van der Waals surface area contributed by atoms with Gasteiger partial charge in [0.05, 0.1) is 24.1 Å². The predicted octanol–water partition coefficient (Wildman–Crippen LogP) is 3.48. The van der Waals surface area contributed by atoms with Crippen LogP contribution in [0, 0.1) is 0 Å². The zero-order valence-electron chi connectivity index (χ0n) is 13.9. The quantitative estimate of drug-likeness (QED) is 0.809. The number of rotatable bonds is 5. The number of benzene rings is 1. The van der Waals surface area contributed by atoms with Gasteiger partial charge in [0.2, 0.25) is 0 Å². The minimum absolute atomic E-state index is 0.0306. The van der Waals surface area contributed by atoms with E-state index in [4.69, 9.17) is 4.74 Å². The van der Waals surface area contributed by atoms with Crippen molar-refractivity contribution in [3.05, 3.63) is 36.2 Å². The molecule has 2 N–H and O–H groups in total. The highest BCUT2D eigenvalue weighted by molar-refractivity contribution is 7.98. The Kier molecular flexibility index (Phi) is 4.89. The summed E-state index contributed by atoms with van der Waals surface area (Å²) in [5.74, 6) is 1.34. The number of aromatic nitrogens is 2. The molecule has 24 heavy (non-hydrogen) atoms. The molecule has 0 radical (unpaired) electrons. The molecule has 0 unspecified atom stereocenters. The summed E-state index contributed by atoms with van der Waals surface area (Å²) in [7, 11) is 0. The largest absolute Gasteiger partial charge is 0.478 e. The van der Waals surface area contributed by atoms with E-state index in [1.807, 2.05) is 38.3 Å². The number of nitrogens with one attached hydrogen (secondary N) is 2. The second kappa shape index (κ2) is 7.09. The second-order valence-electron chi connectivity index (χ2n) is 5.57. The lowest BCUT2D eigenvalue weighted by molar-refractivity contribution is -0.123. The summed E-state index contributed by atoms with van der Waals surface area (Å²) in [6, 6.07) is 5.83. The molecule has 7 heteroatoms. The molecule has 1 aromatic carbocycles. The van der Waals surface area contributed by atoms with Crippen LogP contribution in [0.5, 0.6) is 5.75 Å². The number of carbonyl (C=O) groups excluding carboxylic acids is 1. The molecular formula is C17H20N4O2S. The molecule has 0 bridgehead atoms. The molecular weight excluding hydrogens is 324 g/mol. The highest BCUT2D eigenvalue weighted by atomic mass is 32.2. The van der Waals surface area contributed by atoms with Gasteiger partial charge in [0.1, 0.15) is 16.6 Å². The monoisotopic (exact) mass is 344 g/mol. The fourth-order valence-electron chi connectivity index (χ4n) is 2.52. The Morgan fingerprint density at radius 1 is 1.42 bits per heavy atom. The minimum Gasteiger partial charge on any atom is -0.478 e.